The Hall–Kier alpha value is -1.62. The first-order valence-corrected chi connectivity index (χ1v) is 6.29. The number of carbonyl (C=O) groups is 2. The minimum atomic E-state index is -1.14. The third-order valence-corrected chi connectivity index (χ3v) is 2.90. The molecule has 4 nitrogen and oxygen atoms in total. The van der Waals surface area contributed by atoms with Gasteiger partial charge < -0.3 is 10.4 Å². The summed E-state index contributed by atoms with van der Waals surface area (Å²) in [5, 5.41) is 11.2. The standard InChI is InChI=1S/C13H14BrNO3/c1-2-11(9-3-5-10(14)6-4-9)15-12(16)7-8-13(17)18/h3-8,11H,2H2,1H3,(H,15,16)(H,17,18)/b8-7+. The van der Waals surface area contributed by atoms with Crippen LogP contribution >= 0.6 is 15.9 Å². The van der Waals surface area contributed by atoms with Gasteiger partial charge in [-0.25, -0.2) is 4.79 Å². The van der Waals surface area contributed by atoms with E-state index in [1.165, 1.54) is 0 Å². The van der Waals surface area contributed by atoms with Crippen molar-refractivity contribution in [1.29, 1.82) is 0 Å². The van der Waals surface area contributed by atoms with Crippen molar-refractivity contribution < 1.29 is 14.7 Å². The number of benzene rings is 1. The van der Waals surface area contributed by atoms with Crippen LogP contribution in [0, 0.1) is 0 Å². The zero-order valence-corrected chi connectivity index (χ0v) is 11.5. The fourth-order valence-corrected chi connectivity index (χ4v) is 1.75. The van der Waals surface area contributed by atoms with Gasteiger partial charge in [-0.15, -0.1) is 0 Å². The second-order valence-electron chi connectivity index (χ2n) is 3.69. The number of hydrogen-bond donors (Lipinski definition) is 2. The van der Waals surface area contributed by atoms with Crippen LogP contribution in [-0.2, 0) is 9.59 Å². The van der Waals surface area contributed by atoms with Crippen LogP contribution in [0.4, 0.5) is 0 Å². The Morgan fingerprint density at radius 3 is 2.44 bits per heavy atom. The third kappa shape index (κ3) is 4.71. The predicted octanol–water partition coefficient (Wildman–Crippen LogP) is 2.66. The molecule has 0 aliphatic heterocycles. The molecule has 1 aromatic carbocycles. The zero-order valence-electron chi connectivity index (χ0n) is 9.89. The lowest BCUT2D eigenvalue weighted by Crippen LogP contribution is -2.26. The summed E-state index contributed by atoms with van der Waals surface area (Å²) in [5.41, 5.74) is 0.984. The number of rotatable bonds is 5. The molecule has 0 aliphatic carbocycles. The van der Waals surface area contributed by atoms with E-state index in [-0.39, 0.29) is 6.04 Å². The Bertz CT molecular complexity index is 454. The van der Waals surface area contributed by atoms with E-state index in [0.29, 0.717) is 0 Å². The van der Waals surface area contributed by atoms with Gasteiger partial charge in [0.25, 0.3) is 0 Å². The molecule has 0 saturated heterocycles. The first-order valence-electron chi connectivity index (χ1n) is 5.50. The largest absolute Gasteiger partial charge is 0.478 e. The van der Waals surface area contributed by atoms with Gasteiger partial charge in [0.05, 0.1) is 6.04 Å². The molecule has 1 amide bonds. The molecule has 1 atom stereocenters. The summed E-state index contributed by atoms with van der Waals surface area (Å²) in [6.45, 7) is 1.95. The summed E-state index contributed by atoms with van der Waals surface area (Å²) >= 11 is 3.34. The molecule has 0 fully saturated rings. The van der Waals surface area contributed by atoms with E-state index >= 15 is 0 Å². The van der Waals surface area contributed by atoms with Crippen LogP contribution < -0.4 is 5.32 Å². The minimum Gasteiger partial charge on any atom is -0.478 e. The maximum atomic E-state index is 11.5. The maximum Gasteiger partial charge on any atom is 0.328 e. The smallest absolute Gasteiger partial charge is 0.328 e. The van der Waals surface area contributed by atoms with Crippen molar-refractivity contribution in [2.24, 2.45) is 0 Å². The number of hydrogen-bond acceptors (Lipinski definition) is 2. The SMILES string of the molecule is CCC(NC(=O)/C=C/C(=O)O)c1ccc(Br)cc1. The van der Waals surface area contributed by atoms with E-state index in [1.807, 2.05) is 31.2 Å². The molecule has 2 N–H and O–H groups in total. The summed E-state index contributed by atoms with van der Waals surface area (Å²) in [5.74, 6) is -1.55. The summed E-state index contributed by atoms with van der Waals surface area (Å²) < 4.78 is 0.971. The minimum absolute atomic E-state index is 0.121. The number of nitrogens with one attached hydrogen (secondary N) is 1. The van der Waals surface area contributed by atoms with E-state index in [1.54, 1.807) is 0 Å². The molecule has 1 unspecified atom stereocenters. The predicted molar refractivity (Wildman–Crippen MR) is 72.1 cm³/mol. The van der Waals surface area contributed by atoms with E-state index in [0.717, 1.165) is 28.6 Å². The summed E-state index contributed by atoms with van der Waals surface area (Å²) in [6.07, 6.45) is 2.57. The van der Waals surface area contributed by atoms with Gasteiger partial charge in [0.2, 0.25) is 5.91 Å². The fourth-order valence-electron chi connectivity index (χ4n) is 1.48. The first kappa shape index (κ1) is 14.4. The van der Waals surface area contributed by atoms with Gasteiger partial charge in [-0.3, -0.25) is 4.79 Å². The highest BCUT2D eigenvalue weighted by Gasteiger charge is 2.10. The van der Waals surface area contributed by atoms with Gasteiger partial charge >= 0.3 is 5.97 Å². The van der Waals surface area contributed by atoms with Gasteiger partial charge in [-0.05, 0) is 24.1 Å². The van der Waals surface area contributed by atoms with Gasteiger partial charge in [-0.2, -0.15) is 0 Å². The Kier molecular flexibility index (Phi) is 5.58. The lowest BCUT2D eigenvalue weighted by molar-refractivity contribution is -0.131. The van der Waals surface area contributed by atoms with E-state index in [4.69, 9.17) is 5.11 Å². The summed E-state index contributed by atoms with van der Waals surface area (Å²) in [6, 6.07) is 7.51. The van der Waals surface area contributed by atoms with E-state index < -0.39 is 11.9 Å². The molecule has 0 aliphatic rings. The summed E-state index contributed by atoms with van der Waals surface area (Å²) in [4.78, 5) is 21.8. The first-order chi connectivity index (χ1) is 8.52. The van der Waals surface area contributed by atoms with Gasteiger partial charge in [-0.1, -0.05) is 35.0 Å². The fraction of sp³-hybridized carbons (Fsp3) is 0.231. The quantitative estimate of drug-likeness (QED) is 0.822. The van der Waals surface area contributed by atoms with Crippen molar-refractivity contribution in [3.05, 3.63) is 46.5 Å². The second kappa shape index (κ2) is 6.96. The number of carboxylic acid groups (broad SMARTS) is 1. The van der Waals surface area contributed by atoms with Crippen LogP contribution in [0.25, 0.3) is 0 Å². The molecule has 0 heterocycles. The van der Waals surface area contributed by atoms with Gasteiger partial charge in [0.15, 0.2) is 0 Å². The van der Waals surface area contributed by atoms with E-state index in [2.05, 4.69) is 21.2 Å². The van der Waals surface area contributed by atoms with Gasteiger partial charge in [0.1, 0.15) is 0 Å². The van der Waals surface area contributed by atoms with Crippen molar-refractivity contribution in [2.45, 2.75) is 19.4 Å². The molecule has 0 aromatic heterocycles. The number of aliphatic carboxylic acids is 1. The molecule has 0 bridgehead atoms. The average Bonchev–Trinajstić information content (AvgIpc) is 2.34. The van der Waals surface area contributed by atoms with Crippen LogP contribution in [0.3, 0.4) is 0 Å². The summed E-state index contributed by atoms with van der Waals surface area (Å²) in [7, 11) is 0. The molecule has 96 valence electrons. The van der Waals surface area contributed by atoms with E-state index in [9.17, 15) is 9.59 Å². The molecule has 1 rings (SSSR count). The zero-order chi connectivity index (χ0) is 13.5. The highest BCUT2D eigenvalue weighted by molar-refractivity contribution is 9.10. The Morgan fingerprint density at radius 1 is 1.33 bits per heavy atom. The third-order valence-electron chi connectivity index (χ3n) is 2.37. The second-order valence-corrected chi connectivity index (χ2v) is 4.61. The molecule has 0 saturated carbocycles. The van der Waals surface area contributed by atoms with Crippen molar-refractivity contribution in [2.75, 3.05) is 0 Å². The normalized spacial score (nSPS) is 12.3. The number of amides is 1. The van der Waals surface area contributed by atoms with Crippen LogP contribution in [0.5, 0.6) is 0 Å². The number of carbonyl (C=O) groups excluding carboxylic acids is 1. The lowest BCUT2D eigenvalue weighted by Gasteiger charge is -2.16. The topological polar surface area (TPSA) is 66.4 Å². The molecular formula is C13H14BrNO3. The highest BCUT2D eigenvalue weighted by atomic mass is 79.9. The molecule has 1 aromatic rings. The molecule has 0 spiro atoms. The van der Waals surface area contributed by atoms with Crippen LogP contribution in [0.1, 0.15) is 24.9 Å². The number of carboxylic acids is 1. The molecule has 0 radical (unpaired) electrons. The Morgan fingerprint density at radius 2 is 1.94 bits per heavy atom. The lowest BCUT2D eigenvalue weighted by atomic mass is 10.0. The molecule has 5 heteroatoms. The average molecular weight is 312 g/mol. The van der Waals surface area contributed by atoms with Crippen molar-refractivity contribution >= 4 is 27.8 Å². The maximum absolute atomic E-state index is 11.5. The monoisotopic (exact) mass is 311 g/mol. The highest BCUT2D eigenvalue weighted by Crippen LogP contribution is 2.19. The Labute approximate surface area is 114 Å². The van der Waals surface area contributed by atoms with Crippen LogP contribution in [-0.4, -0.2) is 17.0 Å². The molecular weight excluding hydrogens is 298 g/mol. The van der Waals surface area contributed by atoms with Crippen LogP contribution in [0.2, 0.25) is 0 Å². The van der Waals surface area contributed by atoms with Gasteiger partial charge in [0, 0.05) is 16.6 Å². The van der Waals surface area contributed by atoms with Crippen molar-refractivity contribution in [1.82, 2.24) is 5.32 Å². The molecule has 18 heavy (non-hydrogen) atoms. The number of halogens is 1. The van der Waals surface area contributed by atoms with Crippen molar-refractivity contribution in [3.8, 4) is 0 Å². The van der Waals surface area contributed by atoms with Crippen LogP contribution in [0.15, 0.2) is 40.9 Å². The van der Waals surface area contributed by atoms with Crippen molar-refractivity contribution in [3.63, 3.8) is 0 Å². The Balaban J connectivity index is 2.70.